The molecule has 0 aliphatic heterocycles. The summed E-state index contributed by atoms with van der Waals surface area (Å²) in [6.07, 6.45) is 3.53. The molecule has 134 valence electrons. The molecule has 0 saturated heterocycles. The summed E-state index contributed by atoms with van der Waals surface area (Å²) in [4.78, 5) is 13.4. The minimum atomic E-state index is -0.156. The summed E-state index contributed by atoms with van der Waals surface area (Å²) in [6, 6.07) is 11.5. The van der Waals surface area contributed by atoms with E-state index < -0.39 is 0 Å². The first-order valence-electron chi connectivity index (χ1n) is 8.41. The van der Waals surface area contributed by atoms with Crippen LogP contribution in [0.1, 0.15) is 26.3 Å². The average Bonchev–Trinajstić information content (AvgIpc) is 2.57. The van der Waals surface area contributed by atoms with Gasteiger partial charge in [0.2, 0.25) is 5.95 Å². The highest BCUT2D eigenvalue weighted by Crippen LogP contribution is 2.27. The number of aryl methyl sites for hydroxylation is 1. The van der Waals surface area contributed by atoms with E-state index in [-0.39, 0.29) is 5.54 Å². The van der Waals surface area contributed by atoms with Gasteiger partial charge in [-0.1, -0.05) is 17.7 Å². The van der Waals surface area contributed by atoms with Crippen molar-refractivity contribution in [3.05, 3.63) is 59.4 Å². The smallest absolute Gasteiger partial charge is 0.225 e. The van der Waals surface area contributed by atoms with Gasteiger partial charge in [0.05, 0.1) is 5.69 Å². The zero-order chi connectivity index (χ0) is 18.7. The molecule has 0 bridgehead atoms. The van der Waals surface area contributed by atoms with Crippen molar-refractivity contribution in [1.82, 2.24) is 15.0 Å². The summed E-state index contributed by atoms with van der Waals surface area (Å²) < 4.78 is 0. The highest BCUT2D eigenvalue weighted by molar-refractivity contribution is 6.30. The molecule has 2 aromatic heterocycles. The lowest BCUT2D eigenvalue weighted by atomic mass is 10.1. The van der Waals surface area contributed by atoms with Gasteiger partial charge in [-0.3, -0.25) is 4.98 Å². The van der Waals surface area contributed by atoms with Crippen molar-refractivity contribution in [2.24, 2.45) is 0 Å². The molecule has 1 aromatic carbocycles. The number of pyridine rings is 1. The molecular weight excluding hydrogens is 346 g/mol. The first kappa shape index (κ1) is 18.1. The molecule has 0 amide bonds. The van der Waals surface area contributed by atoms with E-state index in [4.69, 9.17) is 11.6 Å². The molecule has 0 aliphatic carbocycles. The molecular formula is C20H22ClN5. The SMILES string of the molecule is Cc1ccc(Cl)cc1Nc1cc(-c2cccnc2)nc(NC(C)(C)C)n1. The highest BCUT2D eigenvalue weighted by atomic mass is 35.5. The third-order valence-corrected chi connectivity index (χ3v) is 3.87. The van der Waals surface area contributed by atoms with E-state index in [0.717, 1.165) is 22.5 Å². The van der Waals surface area contributed by atoms with Gasteiger partial charge in [0.15, 0.2) is 0 Å². The maximum atomic E-state index is 6.14. The van der Waals surface area contributed by atoms with Crippen LogP contribution in [0, 0.1) is 6.92 Å². The van der Waals surface area contributed by atoms with Gasteiger partial charge in [0, 0.05) is 40.3 Å². The van der Waals surface area contributed by atoms with E-state index in [0.29, 0.717) is 16.8 Å². The van der Waals surface area contributed by atoms with Crippen molar-refractivity contribution < 1.29 is 0 Å². The zero-order valence-corrected chi connectivity index (χ0v) is 16.1. The van der Waals surface area contributed by atoms with Crippen molar-refractivity contribution in [1.29, 1.82) is 0 Å². The molecule has 6 heteroatoms. The van der Waals surface area contributed by atoms with Crippen LogP contribution in [-0.2, 0) is 0 Å². The topological polar surface area (TPSA) is 62.7 Å². The molecule has 0 aliphatic rings. The van der Waals surface area contributed by atoms with E-state index in [1.165, 1.54) is 0 Å². The molecule has 3 aromatic rings. The summed E-state index contributed by atoms with van der Waals surface area (Å²) in [5.41, 5.74) is 3.56. The van der Waals surface area contributed by atoms with Crippen LogP contribution in [0.5, 0.6) is 0 Å². The number of rotatable bonds is 4. The number of hydrogen-bond donors (Lipinski definition) is 2. The number of aromatic nitrogens is 3. The van der Waals surface area contributed by atoms with Crippen molar-refractivity contribution in [2.45, 2.75) is 33.2 Å². The molecule has 0 atom stereocenters. The number of halogens is 1. The Labute approximate surface area is 158 Å². The third-order valence-electron chi connectivity index (χ3n) is 3.63. The molecule has 2 heterocycles. The molecule has 0 saturated carbocycles. The second-order valence-corrected chi connectivity index (χ2v) is 7.60. The van der Waals surface area contributed by atoms with Gasteiger partial charge < -0.3 is 10.6 Å². The summed E-state index contributed by atoms with van der Waals surface area (Å²) >= 11 is 6.14. The summed E-state index contributed by atoms with van der Waals surface area (Å²) in [5.74, 6) is 1.25. The van der Waals surface area contributed by atoms with E-state index in [9.17, 15) is 0 Å². The second-order valence-electron chi connectivity index (χ2n) is 7.16. The summed E-state index contributed by atoms with van der Waals surface area (Å²) in [6.45, 7) is 8.24. The second kappa shape index (κ2) is 7.30. The number of nitrogens with zero attached hydrogens (tertiary/aromatic N) is 3. The largest absolute Gasteiger partial charge is 0.350 e. The predicted octanol–water partition coefficient (Wildman–Crippen LogP) is 5.45. The Hall–Kier alpha value is -2.66. The Balaban J connectivity index is 2.03. The molecule has 26 heavy (non-hydrogen) atoms. The monoisotopic (exact) mass is 367 g/mol. The normalized spacial score (nSPS) is 11.3. The zero-order valence-electron chi connectivity index (χ0n) is 15.3. The van der Waals surface area contributed by atoms with E-state index >= 15 is 0 Å². The quantitative estimate of drug-likeness (QED) is 0.641. The van der Waals surface area contributed by atoms with Crippen LogP contribution in [0.2, 0.25) is 5.02 Å². The van der Waals surface area contributed by atoms with Crippen LogP contribution in [0.4, 0.5) is 17.5 Å². The van der Waals surface area contributed by atoms with Crippen LogP contribution in [0.25, 0.3) is 11.3 Å². The van der Waals surface area contributed by atoms with Crippen LogP contribution in [0.15, 0.2) is 48.8 Å². The van der Waals surface area contributed by atoms with Gasteiger partial charge in [-0.15, -0.1) is 0 Å². The lowest BCUT2D eigenvalue weighted by molar-refractivity contribution is 0.626. The fraction of sp³-hybridized carbons (Fsp3) is 0.250. The minimum Gasteiger partial charge on any atom is -0.350 e. The lowest BCUT2D eigenvalue weighted by Gasteiger charge is -2.21. The molecule has 5 nitrogen and oxygen atoms in total. The lowest BCUT2D eigenvalue weighted by Crippen LogP contribution is -2.27. The summed E-state index contributed by atoms with van der Waals surface area (Å²) in [5, 5.41) is 7.36. The number of nitrogens with one attached hydrogen (secondary N) is 2. The maximum Gasteiger partial charge on any atom is 0.225 e. The van der Waals surface area contributed by atoms with Crippen LogP contribution in [-0.4, -0.2) is 20.5 Å². The number of hydrogen-bond acceptors (Lipinski definition) is 5. The Morgan fingerprint density at radius 3 is 2.54 bits per heavy atom. The Morgan fingerprint density at radius 2 is 1.85 bits per heavy atom. The Bertz CT molecular complexity index is 904. The van der Waals surface area contributed by atoms with Crippen molar-refractivity contribution in [3.8, 4) is 11.3 Å². The number of benzene rings is 1. The van der Waals surface area contributed by atoms with Gasteiger partial charge in [-0.2, -0.15) is 4.98 Å². The van der Waals surface area contributed by atoms with Crippen LogP contribution >= 0.6 is 11.6 Å². The first-order chi connectivity index (χ1) is 12.3. The first-order valence-corrected chi connectivity index (χ1v) is 8.79. The molecule has 0 spiro atoms. The highest BCUT2D eigenvalue weighted by Gasteiger charge is 2.14. The molecule has 3 rings (SSSR count). The predicted molar refractivity (Wildman–Crippen MR) is 108 cm³/mol. The Kier molecular flexibility index (Phi) is 5.09. The van der Waals surface area contributed by atoms with Crippen LogP contribution < -0.4 is 10.6 Å². The van der Waals surface area contributed by atoms with E-state index in [1.807, 2.05) is 43.3 Å². The van der Waals surface area contributed by atoms with Gasteiger partial charge in [-0.25, -0.2) is 4.98 Å². The average molecular weight is 368 g/mol. The molecule has 0 fully saturated rings. The fourth-order valence-corrected chi connectivity index (χ4v) is 2.60. The molecule has 0 unspecified atom stereocenters. The maximum absolute atomic E-state index is 6.14. The van der Waals surface area contributed by atoms with Crippen molar-refractivity contribution in [3.63, 3.8) is 0 Å². The van der Waals surface area contributed by atoms with Gasteiger partial charge in [0.25, 0.3) is 0 Å². The molecule has 0 radical (unpaired) electrons. The van der Waals surface area contributed by atoms with Crippen molar-refractivity contribution >= 4 is 29.1 Å². The summed E-state index contributed by atoms with van der Waals surface area (Å²) in [7, 11) is 0. The molecule has 2 N–H and O–H groups in total. The van der Waals surface area contributed by atoms with Gasteiger partial charge >= 0.3 is 0 Å². The Morgan fingerprint density at radius 1 is 1.04 bits per heavy atom. The van der Waals surface area contributed by atoms with E-state index in [1.54, 1.807) is 12.4 Å². The van der Waals surface area contributed by atoms with Gasteiger partial charge in [-0.05, 0) is 57.5 Å². The van der Waals surface area contributed by atoms with Crippen molar-refractivity contribution in [2.75, 3.05) is 10.6 Å². The standard InChI is InChI=1S/C20H22ClN5/c1-13-7-8-15(21)10-16(13)23-18-11-17(14-6-5-9-22-12-14)24-19(25-18)26-20(2,3)4/h5-12H,1-4H3,(H2,23,24,25,26). The van der Waals surface area contributed by atoms with E-state index in [2.05, 4.69) is 46.4 Å². The number of anilines is 3. The van der Waals surface area contributed by atoms with Crippen LogP contribution in [0.3, 0.4) is 0 Å². The van der Waals surface area contributed by atoms with Gasteiger partial charge in [0.1, 0.15) is 5.82 Å². The minimum absolute atomic E-state index is 0.156. The third kappa shape index (κ3) is 4.70. The fourth-order valence-electron chi connectivity index (χ4n) is 2.43.